The highest BCUT2D eigenvalue weighted by Crippen LogP contribution is 2.21. The Morgan fingerprint density at radius 1 is 1.10 bits per heavy atom. The van der Waals surface area contributed by atoms with Crippen LogP contribution in [-0.4, -0.2) is 43.4 Å². The molecule has 0 spiro atoms. The molecule has 1 atom stereocenters. The minimum absolute atomic E-state index is 0.0126. The van der Waals surface area contributed by atoms with Crippen molar-refractivity contribution in [2.45, 2.75) is 32.7 Å². The third kappa shape index (κ3) is 6.08. The molecule has 0 saturated carbocycles. The summed E-state index contributed by atoms with van der Waals surface area (Å²) >= 11 is 0. The Labute approximate surface area is 174 Å². The molecule has 5 heteroatoms. The van der Waals surface area contributed by atoms with Gasteiger partial charge in [0.25, 0.3) is 5.91 Å². The van der Waals surface area contributed by atoms with E-state index in [0.29, 0.717) is 24.6 Å². The van der Waals surface area contributed by atoms with Crippen molar-refractivity contribution in [3.05, 3.63) is 71.3 Å². The maximum absolute atomic E-state index is 12.2. The quantitative estimate of drug-likeness (QED) is 0.560. The van der Waals surface area contributed by atoms with E-state index in [2.05, 4.69) is 57.8 Å². The average molecular weight is 393 g/mol. The van der Waals surface area contributed by atoms with E-state index in [9.17, 15) is 4.79 Å². The first kappa shape index (κ1) is 20.9. The van der Waals surface area contributed by atoms with Crippen molar-refractivity contribution in [3.63, 3.8) is 0 Å². The molecule has 1 saturated heterocycles. The fraction of sp³-hybridized carbons (Fsp3) is 0.417. The zero-order valence-corrected chi connectivity index (χ0v) is 17.5. The molecule has 1 aliphatic rings. The number of rotatable bonds is 7. The lowest BCUT2D eigenvalue weighted by atomic mass is 9.99. The van der Waals surface area contributed by atoms with E-state index in [4.69, 9.17) is 0 Å². The minimum Gasteiger partial charge on any atom is -0.352 e. The van der Waals surface area contributed by atoms with Gasteiger partial charge in [-0.25, -0.2) is 0 Å². The first-order valence-corrected chi connectivity index (χ1v) is 10.6. The zero-order valence-electron chi connectivity index (χ0n) is 17.5. The Kier molecular flexibility index (Phi) is 7.68. The van der Waals surface area contributed by atoms with Gasteiger partial charge in [0.1, 0.15) is 0 Å². The van der Waals surface area contributed by atoms with Gasteiger partial charge in [-0.2, -0.15) is 0 Å². The number of benzene rings is 2. The smallest absolute Gasteiger partial charge is 0.251 e. The number of guanidine groups is 1. The van der Waals surface area contributed by atoms with Crippen molar-refractivity contribution in [2.75, 3.05) is 26.7 Å². The number of likely N-dealkylation sites (tertiary alicyclic amines) is 1. The van der Waals surface area contributed by atoms with Crippen molar-refractivity contribution < 1.29 is 4.79 Å². The van der Waals surface area contributed by atoms with Gasteiger partial charge < -0.3 is 15.5 Å². The molecule has 1 heterocycles. The summed E-state index contributed by atoms with van der Waals surface area (Å²) in [5.41, 5.74) is 3.19. The van der Waals surface area contributed by atoms with E-state index >= 15 is 0 Å². The third-order valence-corrected chi connectivity index (χ3v) is 5.34. The molecule has 154 valence electrons. The summed E-state index contributed by atoms with van der Waals surface area (Å²) in [5, 5.41) is 6.40. The van der Waals surface area contributed by atoms with E-state index in [-0.39, 0.29) is 5.91 Å². The molecule has 5 nitrogen and oxygen atoms in total. The van der Waals surface area contributed by atoms with Crippen LogP contribution in [-0.2, 0) is 13.0 Å². The molecule has 2 aromatic rings. The van der Waals surface area contributed by atoms with Crippen molar-refractivity contribution in [1.82, 2.24) is 15.5 Å². The van der Waals surface area contributed by atoms with Crippen molar-refractivity contribution in [1.29, 1.82) is 0 Å². The molecule has 1 aliphatic heterocycles. The topological polar surface area (TPSA) is 56.7 Å². The SMILES string of the molecule is CCCNC(=O)c1cccc(CNC(=NC)N2CCC(Cc3ccccc3)C2)c1. The molecule has 3 rings (SSSR count). The summed E-state index contributed by atoms with van der Waals surface area (Å²) in [4.78, 5) is 19.0. The lowest BCUT2D eigenvalue weighted by Crippen LogP contribution is -2.39. The number of nitrogens with one attached hydrogen (secondary N) is 2. The Bertz CT molecular complexity index is 819. The van der Waals surface area contributed by atoms with Gasteiger partial charge in [-0.05, 0) is 48.4 Å². The van der Waals surface area contributed by atoms with Gasteiger partial charge in [0.2, 0.25) is 0 Å². The van der Waals surface area contributed by atoms with Crippen LogP contribution in [0.15, 0.2) is 59.6 Å². The van der Waals surface area contributed by atoms with Gasteiger partial charge in [0, 0.05) is 38.8 Å². The van der Waals surface area contributed by atoms with Gasteiger partial charge in [-0.1, -0.05) is 49.4 Å². The van der Waals surface area contributed by atoms with E-state index in [1.54, 1.807) is 0 Å². The Morgan fingerprint density at radius 3 is 2.66 bits per heavy atom. The van der Waals surface area contributed by atoms with Crippen LogP contribution in [0.3, 0.4) is 0 Å². The number of nitrogens with zero attached hydrogens (tertiary/aromatic N) is 2. The number of amides is 1. The molecule has 1 unspecified atom stereocenters. The predicted octanol–water partition coefficient (Wildman–Crippen LogP) is 3.47. The second-order valence-electron chi connectivity index (χ2n) is 7.65. The van der Waals surface area contributed by atoms with Crippen LogP contribution in [0.25, 0.3) is 0 Å². The van der Waals surface area contributed by atoms with Crippen LogP contribution in [0, 0.1) is 5.92 Å². The van der Waals surface area contributed by atoms with Crippen molar-refractivity contribution in [3.8, 4) is 0 Å². The van der Waals surface area contributed by atoms with Crippen molar-refractivity contribution >= 4 is 11.9 Å². The zero-order chi connectivity index (χ0) is 20.5. The largest absolute Gasteiger partial charge is 0.352 e. The monoisotopic (exact) mass is 392 g/mol. The first-order chi connectivity index (χ1) is 14.2. The van der Waals surface area contributed by atoms with E-state index in [0.717, 1.165) is 37.5 Å². The highest BCUT2D eigenvalue weighted by Gasteiger charge is 2.24. The standard InChI is InChI=1S/C24H32N4O/c1-3-13-26-23(29)22-11-7-10-20(16-22)17-27-24(25-2)28-14-12-21(18-28)15-19-8-5-4-6-9-19/h4-11,16,21H,3,12-15,17-18H2,1-2H3,(H,25,27)(H,26,29). The van der Waals surface area contributed by atoms with Crippen molar-refractivity contribution in [2.24, 2.45) is 10.9 Å². The van der Waals surface area contributed by atoms with E-state index < -0.39 is 0 Å². The molecule has 1 amide bonds. The highest BCUT2D eigenvalue weighted by molar-refractivity contribution is 5.94. The van der Waals surface area contributed by atoms with E-state index in [1.165, 1.54) is 12.0 Å². The lowest BCUT2D eigenvalue weighted by Gasteiger charge is -2.22. The fourth-order valence-corrected chi connectivity index (χ4v) is 3.82. The van der Waals surface area contributed by atoms with Crippen LogP contribution in [0.2, 0.25) is 0 Å². The molecule has 0 aliphatic carbocycles. The fourth-order valence-electron chi connectivity index (χ4n) is 3.82. The molecule has 0 aromatic heterocycles. The Balaban J connectivity index is 1.52. The predicted molar refractivity (Wildman–Crippen MR) is 119 cm³/mol. The molecule has 0 radical (unpaired) electrons. The third-order valence-electron chi connectivity index (χ3n) is 5.34. The van der Waals surface area contributed by atoms with E-state index in [1.807, 2.05) is 31.3 Å². The number of hydrogen-bond acceptors (Lipinski definition) is 2. The van der Waals surface area contributed by atoms with Crippen LogP contribution >= 0.6 is 0 Å². The summed E-state index contributed by atoms with van der Waals surface area (Å²) in [6.07, 6.45) is 3.23. The van der Waals surface area contributed by atoms with Crippen LogP contribution < -0.4 is 10.6 Å². The Hall–Kier alpha value is -2.82. The molecule has 29 heavy (non-hydrogen) atoms. The lowest BCUT2D eigenvalue weighted by molar-refractivity contribution is 0.0953. The van der Waals surface area contributed by atoms with Gasteiger partial charge >= 0.3 is 0 Å². The van der Waals surface area contributed by atoms with Crippen LogP contribution in [0.5, 0.6) is 0 Å². The second-order valence-corrected chi connectivity index (χ2v) is 7.65. The molecule has 0 bridgehead atoms. The molecule has 2 N–H and O–H groups in total. The maximum atomic E-state index is 12.2. The summed E-state index contributed by atoms with van der Waals surface area (Å²) < 4.78 is 0. The number of carbonyl (C=O) groups is 1. The van der Waals surface area contributed by atoms with Crippen LogP contribution in [0.4, 0.5) is 0 Å². The van der Waals surface area contributed by atoms with Gasteiger partial charge in [-0.15, -0.1) is 0 Å². The molecule has 1 fully saturated rings. The normalized spacial score (nSPS) is 16.7. The number of aliphatic imine (C=N–C) groups is 1. The maximum Gasteiger partial charge on any atom is 0.251 e. The summed E-state index contributed by atoms with van der Waals surface area (Å²) in [5.74, 6) is 1.57. The van der Waals surface area contributed by atoms with Gasteiger partial charge in [0.05, 0.1) is 0 Å². The van der Waals surface area contributed by atoms with Gasteiger partial charge in [-0.3, -0.25) is 9.79 Å². The summed E-state index contributed by atoms with van der Waals surface area (Å²) in [7, 11) is 1.83. The molecule has 2 aromatic carbocycles. The molecular formula is C24H32N4O. The summed E-state index contributed by atoms with van der Waals surface area (Å²) in [6, 6.07) is 18.5. The summed E-state index contributed by atoms with van der Waals surface area (Å²) in [6.45, 7) is 5.45. The molecular weight excluding hydrogens is 360 g/mol. The highest BCUT2D eigenvalue weighted by atomic mass is 16.1. The average Bonchev–Trinajstić information content (AvgIpc) is 3.21. The Morgan fingerprint density at radius 2 is 1.90 bits per heavy atom. The number of hydrogen-bond donors (Lipinski definition) is 2. The second kappa shape index (κ2) is 10.6. The first-order valence-electron chi connectivity index (χ1n) is 10.6. The van der Waals surface area contributed by atoms with Gasteiger partial charge in [0.15, 0.2) is 5.96 Å². The van der Waals surface area contributed by atoms with Crippen LogP contribution in [0.1, 0.15) is 41.3 Å². The minimum atomic E-state index is -0.0126. The number of carbonyl (C=O) groups excluding carboxylic acids is 1.